The molecule has 2 N–H and O–H groups in total. The van der Waals surface area contributed by atoms with Crippen LogP contribution in [0, 0.1) is 5.82 Å². The second kappa shape index (κ2) is 5.36. The molecule has 1 aromatic heterocycles. The Kier molecular flexibility index (Phi) is 3.83. The van der Waals surface area contributed by atoms with Crippen molar-refractivity contribution in [2.45, 2.75) is 30.1 Å². The van der Waals surface area contributed by atoms with Gasteiger partial charge in [0.25, 0.3) is 0 Å². The molecule has 18 heavy (non-hydrogen) atoms. The highest BCUT2D eigenvalue weighted by molar-refractivity contribution is 7.99. The molecule has 5 nitrogen and oxygen atoms in total. The maximum Gasteiger partial charge on any atom is 0.343 e. The van der Waals surface area contributed by atoms with Crippen molar-refractivity contribution in [3.8, 4) is 0 Å². The van der Waals surface area contributed by atoms with E-state index in [9.17, 15) is 14.3 Å². The average Bonchev–Trinajstić information content (AvgIpc) is 2.72. The third kappa shape index (κ3) is 2.46. The lowest BCUT2D eigenvalue weighted by Gasteiger charge is -2.06. The number of aliphatic hydroxyl groups excluding tert-OH is 1. The first-order chi connectivity index (χ1) is 8.65. The quantitative estimate of drug-likeness (QED) is 0.879. The number of aromatic nitrogens is 3. The zero-order chi connectivity index (χ0) is 13.1. The van der Waals surface area contributed by atoms with Gasteiger partial charge in [-0.05, 0) is 42.4 Å². The smallest absolute Gasteiger partial charge is 0.343 e. The first-order valence-corrected chi connectivity index (χ1v) is 6.19. The van der Waals surface area contributed by atoms with Crippen LogP contribution in [0.4, 0.5) is 4.39 Å². The van der Waals surface area contributed by atoms with E-state index in [1.807, 2.05) is 6.92 Å². The molecule has 0 aliphatic rings. The van der Waals surface area contributed by atoms with E-state index in [2.05, 4.69) is 10.2 Å². The van der Waals surface area contributed by atoms with E-state index in [0.717, 1.165) is 0 Å². The summed E-state index contributed by atoms with van der Waals surface area (Å²) in [6, 6.07) is 4.14. The molecule has 1 aromatic carbocycles. The molecule has 2 rings (SSSR count). The summed E-state index contributed by atoms with van der Waals surface area (Å²) in [4.78, 5) is 12.1. The standard InChI is InChI=1S/C11H12FN3O2S/c1-2-15-10(17)13-14-11(15)18-9-4-3-8(12)5-7(9)6-16/h3-5,16H,2,6H2,1H3,(H,13,17). The van der Waals surface area contributed by atoms with Gasteiger partial charge in [0.2, 0.25) is 0 Å². The van der Waals surface area contributed by atoms with Gasteiger partial charge < -0.3 is 5.11 Å². The molecule has 0 fully saturated rings. The molecule has 0 aliphatic carbocycles. The zero-order valence-corrected chi connectivity index (χ0v) is 10.5. The van der Waals surface area contributed by atoms with Gasteiger partial charge in [-0.3, -0.25) is 4.57 Å². The van der Waals surface area contributed by atoms with Crippen LogP contribution in [0.3, 0.4) is 0 Å². The minimum atomic E-state index is -0.404. The molecule has 0 bridgehead atoms. The number of hydrogen-bond donors (Lipinski definition) is 2. The van der Waals surface area contributed by atoms with Crippen LogP contribution in [0.5, 0.6) is 0 Å². The van der Waals surface area contributed by atoms with Crippen molar-refractivity contribution < 1.29 is 9.50 Å². The molecule has 1 heterocycles. The predicted molar refractivity (Wildman–Crippen MR) is 65.0 cm³/mol. The zero-order valence-electron chi connectivity index (χ0n) is 9.68. The van der Waals surface area contributed by atoms with Gasteiger partial charge in [0.15, 0.2) is 5.16 Å². The van der Waals surface area contributed by atoms with E-state index in [1.54, 1.807) is 6.07 Å². The van der Waals surface area contributed by atoms with E-state index in [4.69, 9.17) is 0 Å². The molecule has 0 atom stereocenters. The number of benzene rings is 1. The number of halogens is 1. The third-order valence-electron chi connectivity index (χ3n) is 2.43. The highest BCUT2D eigenvalue weighted by Crippen LogP contribution is 2.28. The number of nitrogens with one attached hydrogen (secondary N) is 1. The summed E-state index contributed by atoms with van der Waals surface area (Å²) in [7, 11) is 0. The van der Waals surface area contributed by atoms with Crippen molar-refractivity contribution >= 4 is 11.8 Å². The van der Waals surface area contributed by atoms with Gasteiger partial charge in [-0.15, -0.1) is 5.10 Å². The normalized spacial score (nSPS) is 10.8. The fourth-order valence-corrected chi connectivity index (χ4v) is 2.53. The van der Waals surface area contributed by atoms with Crippen molar-refractivity contribution in [2.24, 2.45) is 0 Å². The van der Waals surface area contributed by atoms with Crippen molar-refractivity contribution in [2.75, 3.05) is 0 Å². The van der Waals surface area contributed by atoms with Gasteiger partial charge in [-0.25, -0.2) is 14.3 Å². The van der Waals surface area contributed by atoms with Crippen LogP contribution in [0.1, 0.15) is 12.5 Å². The fourth-order valence-electron chi connectivity index (χ4n) is 1.53. The molecular formula is C11H12FN3O2S. The number of aliphatic hydroxyl groups is 1. The second-order valence-electron chi connectivity index (χ2n) is 3.57. The summed E-state index contributed by atoms with van der Waals surface area (Å²) >= 11 is 1.21. The molecule has 0 unspecified atom stereocenters. The topological polar surface area (TPSA) is 70.9 Å². The number of hydrogen-bond acceptors (Lipinski definition) is 4. The lowest BCUT2D eigenvalue weighted by atomic mass is 10.2. The summed E-state index contributed by atoms with van der Waals surface area (Å²) in [5.74, 6) is -0.404. The van der Waals surface area contributed by atoms with Gasteiger partial charge >= 0.3 is 5.69 Å². The second-order valence-corrected chi connectivity index (χ2v) is 4.58. The molecule has 7 heteroatoms. The van der Waals surface area contributed by atoms with Crippen molar-refractivity contribution in [1.29, 1.82) is 0 Å². The van der Waals surface area contributed by atoms with Crippen molar-refractivity contribution in [3.63, 3.8) is 0 Å². The molecule has 0 saturated carbocycles. The van der Waals surface area contributed by atoms with Crippen molar-refractivity contribution in [1.82, 2.24) is 14.8 Å². The largest absolute Gasteiger partial charge is 0.392 e. The van der Waals surface area contributed by atoms with Crippen LogP contribution < -0.4 is 5.69 Å². The number of rotatable bonds is 4. The Labute approximate surface area is 107 Å². The molecule has 2 aromatic rings. The van der Waals surface area contributed by atoms with Gasteiger partial charge in [0, 0.05) is 11.4 Å². The van der Waals surface area contributed by atoms with Crippen LogP contribution in [-0.2, 0) is 13.2 Å². The highest BCUT2D eigenvalue weighted by atomic mass is 32.2. The Bertz CT molecular complexity index is 609. The summed E-state index contributed by atoms with van der Waals surface area (Å²) < 4.78 is 14.5. The van der Waals surface area contributed by atoms with Crippen LogP contribution in [0.25, 0.3) is 0 Å². The first kappa shape index (κ1) is 12.8. The Morgan fingerprint density at radius 2 is 2.33 bits per heavy atom. The van der Waals surface area contributed by atoms with Crippen LogP contribution in [-0.4, -0.2) is 19.9 Å². The van der Waals surface area contributed by atoms with Gasteiger partial charge in [-0.1, -0.05) is 0 Å². The van der Waals surface area contributed by atoms with E-state index in [-0.39, 0.29) is 12.3 Å². The fraction of sp³-hybridized carbons (Fsp3) is 0.273. The summed E-state index contributed by atoms with van der Waals surface area (Å²) in [5.41, 5.74) is 0.186. The van der Waals surface area contributed by atoms with E-state index in [0.29, 0.717) is 22.2 Å². The van der Waals surface area contributed by atoms with Crippen molar-refractivity contribution in [3.05, 3.63) is 40.1 Å². The Morgan fingerprint density at radius 1 is 1.56 bits per heavy atom. The molecule has 0 aliphatic heterocycles. The lowest BCUT2D eigenvalue weighted by Crippen LogP contribution is -2.16. The molecule has 0 spiro atoms. The number of H-pyrrole nitrogens is 1. The molecule has 0 saturated heterocycles. The van der Waals surface area contributed by atoms with Gasteiger partial charge in [0.1, 0.15) is 5.82 Å². The molecule has 0 amide bonds. The maximum atomic E-state index is 13.0. The summed E-state index contributed by atoms with van der Waals surface area (Å²) in [6.07, 6.45) is 0. The monoisotopic (exact) mass is 269 g/mol. The molecular weight excluding hydrogens is 257 g/mol. The average molecular weight is 269 g/mol. The SMILES string of the molecule is CCn1c(Sc2ccc(F)cc2CO)n[nH]c1=O. The van der Waals surface area contributed by atoms with E-state index < -0.39 is 5.82 Å². The molecule has 96 valence electrons. The number of nitrogens with zero attached hydrogens (tertiary/aromatic N) is 2. The predicted octanol–water partition coefficient (Wildman–Crippen LogP) is 1.37. The third-order valence-corrected chi connectivity index (χ3v) is 3.55. The van der Waals surface area contributed by atoms with E-state index >= 15 is 0 Å². The maximum absolute atomic E-state index is 13.0. The first-order valence-electron chi connectivity index (χ1n) is 5.38. The molecule has 0 radical (unpaired) electrons. The lowest BCUT2D eigenvalue weighted by molar-refractivity contribution is 0.278. The number of aromatic amines is 1. The summed E-state index contributed by atoms with van der Waals surface area (Å²) in [5, 5.41) is 15.9. The Hall–Kier alpha value is -1.60. The minimum Gasteiger partial charge on any atom is -0.392 e. The van der Waals surface area contributed by atoms with Crippen LogP contribution >= 0.6 is 11.8 Å². The highest BCUT2D eigenvalue weighted by Gasteiger charge is 2.11. The van der Waals surface area contributed by atoms with Crippen LogP contribution in [0.15, 0.2) is 33.0 Å². The Balaban J connectivity index is 2.36. The minimum absolute atomic E-state index is 0.263. The van der Waals surface area contributed by atoms with E-state index in [1.165, 1.54) is 28.5 Å². The Morgan fingerprint density at radius 3 is 3.00 bits per heavy atom. The van der Waals surface area contributed by atoms with Gasteiger partial charge in [-0.2, -0.15) is 0 Å². The van der Waals surface area contributed by atoms with Crippen LogP contribution in [0.2, 0.25) is 0 Å². The summed E-state index contributed by atoms with van der Waals surface area (Å²) in [6.45, 7) is 2.06. The van der Waals surface area contributed by atoms with Gasteiger partial charge in [0.05, 0.1) is 6.61 Å².